The number of nitrogens with one attached hydrogen (secondary N) is 2. The fourth-order valence-corrected chi connectivity index (χ4v) is 3.88. The molecule has 3 rings (SSSR count). The normalized spacial score (nSPS) is 14.9. The number of ether oxygens (including phenoxy) is 1. The molecule has 0 radical (unpaired) electrons. The molecule has 6 nitrogen and oxygen atoms in total. The van der Waals surface area contributed by atoms with Gasteiger partial charge in [-0.25, -0.2) is 0 Å². The van der Waals surface area contributed by atoms with E-state index in [1.54, 1.807) is 13.2 Å². The summed E-state index contributed by atoms with van der Waals surface area (Å²) in [5.74, 6) is 0.700. The Morgan fingerprint density at radius 3 is 2.81 bits per heavy atom. The van der Waals surface area contributed by atoms with Crippen molar-refractivity contribution < 1.29 is 9.84 Å². The molecular weight excluding hydrogens is 362 g/mol. The lowest BCUT2D eigenvalue weighted by Gasteiger charge is -2.30. The topological polar surface area (TPSA) is 77.6 Å². The predicted molar refractivity (Wildman–Crippen MR) is 111 cm³/mol. The summed E-state index contributed by atoms with van der Waals surface area (Å²) in [6.45, 7) is 0.726. The van der Waals surface area contributed by atoms with Crippen LogP contribution in [0.4, 0.5) is 0 Å². The molecule has 2 aromatic rings. The Kier molecular flexibility index (Phi) is 6.68. The molecule has 146 valence electrons. The molecule has 0 saturated heterocycles. The molecule has 1 heterocycles. The van der Waals surface area contributed by atoms with Crippen LogP contribution in [0.15, 0.2) is 29.1 Å². The van der Waals surface area contributed by atoms with Crippen molar-refractivity contribution in [2.75, 3.05) is 20.3 Å². The van der Waals surface area contributed by atoms with E-state index in [1.165, 1.54) is 19.3 Å². The number of aromatic nitrogens is 1. The van der Waals surface area contributed by atoms with Crippen LogP contribution in [0.1, 0.15) is 37.7 Å². The highest BCUT2D eigenvalue weighted by Gasteiger charge is 2.18. The molecule has 1 aliphatic rings. The third-order valence-electron chi connectivity index (χ3n) is 5.08. The van der Waals surface area contributed by atoms with Crippen molar-refractivity contribution in [1.82, 2.24) is 15.2 Å². The second-order valence-electron chi connectivity index (χ2n) is 7.01. The molecule has 27 heavy (non-hydrogen) atoms. The Balaban J connectivity index is 1.77. The van der Waals surface area contributed by atoms with Crippen LogP contribution in [0.5, 0.6) is 5.75 Å². The fourth-order valence-electron chi connectivity index (χ4n) is 3.56. The maximum absolute atomic E-state index is 12.5. The summed E-state index contributed by atoms with van der Waals surface area (Å²) < 4.78 is 5.21. The van der Waals surface area contributed by atoms with Crippen LogP contribution >= 0.6 is 12.2 Å². The van der Waals surface area contributed by atoms with Crippen LogP contribution in [0.25, 0.3) is 10.9 Å². The molecule has 3 N–H and O–H groups in total. The van der Waals surface area contributed by atoms with Gasteiger partial charge in [0.25, 0.3) is 5.56 Å². The van der Waals surface area contributed by atoms with Gasteiger partial charge in [-0.1, -0.05) is 19.3 Å². The van der Waals surface area contributed by atoms with Gasteiger partial charge in [0.1, 0.15) is 5.75 Å². The molecule has 0 atom stereocenters. The molecule has 0 bridgehead atoms. The highest BCUT2D eigenvalue weighted by atomic mass is 32.1. The fraction of sp³-hybridized carbons (Fsp3) is 0.500. The molecule has 0 aliphatic heterocycles. The largest absolute Gasteiger partial charge is 0.497 e. The van der Waals surface area contributed by atoms with Gasteiger partial charge in [-0.3, -0.25) is 4.79 Å². The van der Waals surface area contributed by atoms with Crippen molar-refractivity contribution >= 4 is 28.2 Å². The van der Waals surface area contributed by atoms with E-state index in [9.17, 15) is 9.90 Å². The van der Waals surface area contributed by atoms with Gasteiger partial charge in [0, 0.05) is 24.2 Å². The number of benzene rings is 1. The van der Waals surface area contributed by atoms with Crippen molar-refractivity contribution in [1.29, 1.82) is 0 Å². The molecule has 1 fully saturated rings. The summed E-state index contributed by atoms with van der Waals surface area (Å²) >= 11 is 5.57. The van der Waals surface area contributed by atoms with E-state index in [4.69, 9.17) is 17.0 Å². The summed E-state index contributed by atoms with van der Waals surface area (Å²) in [4.78, 5) is 17.3. The molecule has 1 saturated carbocycles. The van der Waals surface area contributed by atoms with Gasteiger partial charge in [0.15, 0.2) is 5.11 Å². The Bertz CT molecular complexity index is 846. The van der Waals surface area contributed by atoms with E-state index in [0.717, 1.165) is 23.7 Å². The van der Waals surface area contributed by atoms with E-state index >= 15 is 0 Å². The van der Waals surface area contributed by atoms with E-state index in [-0.39, 0.29) is 12.2 Å². The van der Waals surface area contributed by atoms with Crippen molar-refractivity contribution in [3.05, 3.63) is 40.2 Å². The number of aliphatic hydroxyl groups is 1. The van der Waals surface area contributed by atoms with Crippen LogP contribution in [0.2, 0.25) is 0 Å². The second kappa shape index (κ2) is 9.19. The lowest BCUT2D eigenvalue weighted by molar-refractivity contribution is 0.243. The maximum Gasteiger partial charge on any atom is 0.253 e. The lowest BCUT2D eigenvalue weighted by Crippen LogP contribution is -2.46. The first-order valence-corrected chi connectivity index (χ1v) is 9.88. The molecule has 0 amide bonds. The highest BCUT2D eigenvalue weighted by Crippen LogP contribution is 2.20. The average Bonchev–Trinajstić information content (AvgIpc) is 2.68. The number of hydrogen-bond acceptors (Lipinski definition) is 4. The summed E-state index contributed by atoms with van der Waals surface area (Å²) in [7, 11) is 1.60. The smallest absolute Gasteiger partial charge is 0.253 e. The van der Waals surface area contributed by atoms with Gasteiger partial charge in [0.2, 0.25) is 0 Å². The highest BCUT2D eigenvalue weighted by molar-refractivity contribution is 7.80. The van der Waals surface area contributed by atoms with Gasteiger partial charge in [-0.05, 0) is 48.6 Å². The molecule has 0 spiro atoms. The summed E-state index contributed by atoms with van der Waals surface area (Å²) in [6.07, 6.45) is 5.95. The lowest BCUT2D eigenvalue weighted by atomic mass is 9.96. The number of rotatable bonds is 6. The number of aromatic amines is 1. The quantitative estimate of drug-likeness (QED) is 0.659. The molecule has 0 unspecified atom stereocenters. The van der Waals surface area contributed by atoms with Gasteiger partial charge in [-0.15, -0.1) is 0 Å². The molecular formula is C20H27N3O3S. The van der Waals surface area contributed by atoms with Gasteiger partial charge < -0.3 is 25.0 Å². The molecule has 1 aliphatic carbocycles. The van der Waals surface area contributed by atoms with E-state index < -0.39 is 0 Å². The minimum atomic E-state index is -0.154. The number of thiocarbonyl (C=S) groups is 1. The SMILES string of the molecule is COc1ccc2cc(CN(CCO)C(=S)NC3CCCCC3)c(=O)[nH]c2c1. The van der Waals surface area contributed by atoms with Crippen LogP contribution < -0.4 is 15.6 Å². The van der Waals surface area contributed by atoms with Crippen LogP contribution in [-0.4, -0.2) is 46.4 Å². The average molecular weight is 390 g/mol. The number of nitrogens with zero attached hydrogens (tertiary/aromatic N) is 1. The number of fused-ring (bicyclic) bond motifs is 1. The maximum atomic E-state index is 12.5. The zero-order valence-electron chi connectivity index (χ0n) is 15.7. The summed E-state index contributed by atoms with van der Waals surface area (Å²) in [6, 6.07) is 7.85. The third-order valence-corrected chi connectivity index (χ3v) is 5.46. The van der Waals surface area contributed by atoms with Gasteiger partial charge in [-0.2, -0.15) is 0 Å². The first-order valence-electron chi connectivity index (χ1n) is 9.47. The Labute approximate surface area is 164 Å². The second-order valence-corrected chi connectivity index (χ2v) is 7.39. The minimum absolute atomic E-state index is 0.0187. The van der Waals surface area contributed by atoms with Crippen LogP contribution in [0, 0.1) is 0 Å². The third kappa shape index (κ3) is 4.99. The number of aliphatic hydroxyl groups excluding tert-OH is 1. The van der Waals surface area contributed by atoms with Crippen molar-refractivity contribution in [3.63, 3.8) is 0 Å². The van der Waals surface area contributed by atoms with Crippen LogP contribution in [0.3, 0.4) is 0 Å². The zero-order valence-corrected chi connectivity index (χ0v) is 16.5. The zero-order chi connectivity index (χ0) is 19.2. The molecule has 1 aromatic heterocycles. The van der Waals surface area contributed by atoms with Crippen LogP contribution in [-0.2, 0) is 6.54 Å². The minimum Gasteiger partial charge on any atom is -0.497 e. The van der Waals surface area contributed by atoms with E-state index in [2.05, 4.69) is 10.3 Å². The van der Waals surface area contributed by atoms with Crippen molar-refractivity contribution in [2.24, 2.45) is 0 Å². The monoisotopic (exact) mass is 389 g/mol. The van der Waals surface area contributed by atoms with Crippen molar-refractivity contribution in [3.8, 4) is 5.75 Å². The van der Waals surface area contributed by atoms with Gasteiger partial charge in [0.05, 0.1) is 25.8 Å². The van der Waals surface area contributed by atoms with Crippen molar-refractivity contribution in [2.45, 2.75) is 44.7 Å². The first-order chi connectivity index (χ1) is 13.1. The number of methoxy groups -OCH3 is 1. The number of H-pyrrole nitrogens is 1. The Morgan fingerprint density at radius 2 is 2.11 bits per heavy atom. The number of pyridine rings is 1. The first kappa shape index (κ1) is 19.6. The van der Waals surface area contributed by atoms with Gasteiger partial charge >= 0.3 is 0 Å². The van der Waals surface area contributed by atoms with E-state index in [1.807, 2.05) is 23.1 Å². The Morgan fingerprint density at radius 1 is 1.33 bits per heavy atom. The molecule has 7 heteroatoms. The van der Waals surface area contributed by atoms with E-state index in [0.29, 0.717) is 35.6 Å². The molecule has 1 aromatic carbocycles. The predicted octanol–water partition coefficient (Wildman–Crippen LogP) is 2.54. The summed E-state index contributed by atoms with van der Waals surface area (Å²) in [5, 5.41) is 14.4. The number of hydrogen-bond donors (Lipinski definition) is 3. The summed E-state index contributed by atoms with van der Waals surface area (Å²) in [5.41, 5.74) is 1.20. The standard InChI is InChI=1S/C20H27N3O3S/c1-26-17-8-7-14-11-15(19(25)22-18(14)12-17)13-23(9-10-24)20(27)21-16-5-3-2-4-6-16/h7-8,11-12,16,24H,2-6,9-10,13H2,1H3,(H,21,27)(H,22,25). The Hall–Kier alpha value is -2.12.